The highest BCUT2D eigenvalue weighted by atomic mass is 16.7. The second-order valence-corrected chi connectivity index (χ2v) is 5.86. The summed E-state index contributed by atoms with van der Waals surface area (Å²) in [5.74, 6) is 2.17. The van der Waals surface area contributed by atoms with Gasteiger partial charge >= 0.3 is 6.03 Å². The minimum absolute atomic E-state index is 0.134. The van der Waals surface area contributed by atoms with Crippen LogP contribution in [0.2, 0.25) is 0 Å². The molecule has 1 atom stereocenters. The fourth-order valence-corrected chi connectivity index (χ4v) is 2.37. The summed E-state index contributed by atoms with van der Waals surface area (Å²) in [6.07, 6.45) is 1.06. The van der Waals surface area contributed by atoms with Crippen molar-refractivity contribution in [2.75, 3.05) is 12.1 Å². The third kappa shape index (κ3) is 4.56. The minimum atomic E-state index is -0.279. The summed E-state index contributed by atoms with van der Waals surface area (Å²) in [6, 6.07) is 12.7. The molecule has 0 radical (unpaired) electrons. The number of urea groups is 1. The van der Waals surface area contributed by atoms with Gasteiger partial charge in [-0.25, -0.2) is 4.79 Å². The molecule has 132 valence electrons. The highest BCUT2D eigenvalue weighted by molar-refractivity contribution is 5.89. The Morgan fingerprint density at radius 1 is 1.20 bits per heavy atom. The maximum Gasteiger partial charge on any atom is 0.319 e. The number of carbonyl (C=O) groups is 1. The first kappa shape index (κ1) is 17.0. The Morgan fingerprint density at radius 2 is 2.04 bits per heavy atom. The van der Waals surface area contributed by atoms with E-state index >= 15 is 0 Å². The molecule has 0 saturated carbocycles. The van der Waals surface area contributed by atoms with E-state index in [-0.39, 0.29) is 18.9 Å². The third-order valence-electron chi connectivity index (χ3n) is 3.89. The van der Waals surface area contributed by atoms with Crippen molar-refractivity contribution >= 4 is 11.7 Å². The zero-order valence-corrected chi connectivity index (χ0v) is 14.4. The summed E-state index contributed by atoms with van der Waals surface area (Å²) < 4.78 is 16.4. The summed E-state index contributed by atoms with van der Waals surface area (Å²) in [7, 11) is 0. The molecule has 2 aromatic rings. The topological polar surface area (TPSA) is 68.8 Å². The predicted octanol–water partition coefficient (Wildman–Crippen LogP) is 3.91. The second kappa shape index (κ2) is 7.79. The quantitative estimate of drug-likeness (QED) is 0.835. The molecule has 2 N–H and O–H groups in total. The largest absolute Gasteiger partial charge is 0.491 e. The van der Waals surface area contributed by atoms with E-state index in [4.69, 9.17) is 14.2 Å². The Labute approximate surface area is 147 Å². The van der Waals surface area contributed by atoms with Crippen LogP contribution >= 0.6 is 0 Å². The molecule has 6 nitrogen and oxygen atoms in total. The van der Waals surface area contributed by atoms with Crippen LogP contribution in [0.5, 0.6) is 17.2 Å². The summed E-state index contributed by atoms with van der Waals surface area (Å²) in [5.41, 5.74) is 1.62. The lowest BCUT2D eigenvalue weighted by atomic mass is 10.2. The van der Waals surface area contributed by atoms with Crippen LogP contribution in [0.15, 0.2) is 42.5 Å². The maximum absolute atomic E-state index is 12.1. The fourth-order valence-electron chi connectivity index (χ4n) is 2.37. The van der Waals surface area contributed by atoms with Gasteiger partial charge < -0.3 is 24.8 Å². The van der Waals surface area contributed by atoms with Gasteiger partial charge in [0.15, 0.2) is 11.5 Å². The van der Waals surface area contributed by atoms with Gasteiger partial charge in [0.25, 0.3) is 0 Å². The van der Waals surface area contributed by atoms with Crippen LogP contribution < -0.4 is 24.8 Å². The molecule has 0 aliphatic carbocycles. The lowest BCUT2D eigenvalue weighted by Gasteiger charge is -2.14. The monoisotopic (exact) mass is 342 g/mol. The molecule has 1 aliphatic rings. The molecule has 2 aromatic carbocycles. The van der Waals surface area contributed by atoms with Gasteiger partial charge in [-0.15, -0.1) is 0 Å². The highest BCUT2D eigenvalue weighted by Gasteiger charge is 2.13. The Balaban J connectivity index is 1.53. The van der Waals surface area contributed by atoms with Crippen molar-refractivity contribution in [1.29, 1.82) is 0 Å². The molecule has 3 rings (SSSR count). The number of fused-ring (bicyclic) bond motifs is 1. The van der Waals surface area contributed by atoms with Crippen LogP contribution in [0.25, 0.3) is 0 Å². The van der Waals surface area contributed by atoms with Crippen LogP contribution in [0.3, 0.4) is 0 Å². The van der Waals surface area contributed by atoms with Crippen LogP contribution in [0.1, 0.15) is 25.8 Å². The summed E-state index contributed by atoms with van der Waals surface area (Å²) in [4.78, 5) is 12.1. The van der Waals surface area contributed by atoms with Crippen LogP contribution in [-0.2, 0) is 6.54 Å². The average molecular weight is 342 g/mol. The summed E-state index contributed by atoms with van der Waals surface area (Å²) in [5, 5.41) is 5.63. The SMILES string of the molecule is CCC(C)Oc1cccc(NC(=O)NCc2ccc3c(c2)OCO3)c1. The third-order valence-corrected chi connectivity index (χ3v) is 3.89. The number of hydrogen-bond acceptors (Lipinski definition) is 4. The van der Waals surface area contributed by atoms with Gasteiger partial charge in [0.1, 0.15) is 5.75 Å². The highest BCUT2D eigenvalue weighted by Crippen LogP contribution is 2.32. The van der Waals surface area contributed by atoms with Crippen molar-refractivity contribution in [2.24, 2.45) is 0 Å². The molecular formula is C19H22N2O4. The molecule has 0 saturated heterocycles. The van der Waals surface area contributed by atoms with Gasteiger partial charge in [-0.1, -0.05) is 19.1 Å². The van der Waals surface area contributed by atoms with Crippen molar-refractivity contribution in [1.82, 2.24) is 5.32 Å². The average Bonchev–Trinajstić information content (AvgIpc) is 3.08. The second-order valence-electron chi connectivity index (χ2n) is 5.86. The number of amides is 2. The Kier molecular flexibility index (Phi) is 5.28. The summed E-state index contributed by atoms with van der Waals surface area (Å²) >= 11 is 0. The number of nitrogens with one attached hydrogen (secondary N) is 2. The minimum Gasteiger partial charge on any atom is -0.491 e. The lowest BCUT2D eigenvalue weighted by molar-refractivity contribution is 0.174. The van der Waals surface area contributed by atoms with E-state index in [1.54, 1.807) is 0 Å². The Bertz CT molecular complexity index is 748. The Hall–Kier alpha value is -2.89. The summed E-state index contributed by atoms with van der Waals surface area (Å²) in [6.45, 7) is 4.71. The first-order valence-corrected chi connectivity index (χ1v) is 8.34. The first-order valence-electron chi connectivity index (χ1n) is 8.34. The van der Waals surface area contributed by atoms with E-state index < -0.39 is 0 Å². The predicted molar refractivity (Wildman–Crippen MR) is 95.2 cm³/mol. The van der Waals surface area contributed by atoms with E-state index in [1.165, 1.54) is 0 Å². The number of carbonyl (C=O) groups excluding carboxylic acids is 1. The van der Waals surface area contributed by atoms with Gasteiger partial charge in [0, 0.05) is 18.3 Å². The van der Waals surface area contributed by atoms with Crippen molar-refractivity contribution in [2.45, 2.75) is 32.9 Å². The van der Waals surface area contributed by atoms with E-state index in [0.29, 0.717) is 18.0 Å². The van der Waals surface area contributed by atoms with E-state index in [0.717, 1.165) is 23.5 Å². The molecule has 6 heteroatoms. The molecule has 2 amide bonds. The standard InChI is InChI=1S/C19H22N2O4/c1-3-13(2)25-16-6-4-5-15(10-16)21-19(22)20-11-14-7-8-17-18(9-14)24-12-23-17/h4-10,13H,3,11-12H2,1-2H3,(H2,20,21,22). The molecule has 0 bridgehead atoms. The zero-order chi connectivity index (χ0) is 17.6. The molecule has 0 aromatic heterocycles. The first-order chi connectivity index (χ1) is 12.1. The Morgan fingerprint density at radius 3 is 2.88 bits per heavy atom. The van der Waals surface area contributed by atoms with Gasteiger partial charge in [0.05, 0.1) is 6.10 Å². The molecule has 1 aliphatic heterocycles. The van der Waals surface area contributed by atoms with Crippen LogP contribution in [0, 0.1) is 0 Å². The molecular weight excluding hydrogens is 320 g/mol. The molecule has 0 spiro atoms. The number of rotatable bonds is 6. The molecule has 1 unspecified atom stereocenters. The molecule has 25 heavy (non-hydrogen) atoms. The zero-order valence-electron chi connectivity index (χ0n) is 14.4. The van der Waals surface area contributed by atoms with Crippen molar-refractivity contribution in [3.63, 3.8) is 0 Å². The van der Waals surface area contributed by atoms with Crippen molar-refractivity contribution in [3.05, 3.63) is 48.0 Å². The van der Waals surface area contributed by atoms with Gasteiger partial charge in [-0.3, -0.25) is 0 Å². The molecule has 1 heterocycles. The number of anilines is 1. The lowest BCUT2D eigenvalue weighted by Crippen LogP contribution is -2.28. The number of benzene rings is 2. The smallest absolute Gasteiger partial charge is 0.319 e. The van der Waals surface area contributed by atoms with Gasteiger partial charge in [0.2, 0.25) is 6.79 Å². The molecule has 0 fully saturated rings. The fraction of sp³-hybridized carbons (Fsp3) is 0.316. The van der Waals surface area contributed by atoms with Crippen LogP contribution in [0.4, 0.5) is 10.5 Å². The van der Waals surface area contributed by atoms with E-state index in [2.05, 4.69) is 17.6 Å². The van der Waals surface area contributed by atoms with Crippen molar-refractivity contribution < 1.29 is 19.0 Å². The van der Waals surface area contributed by atoms with E-state index in [9.17, 15) is 4.79 Å². The number of ether oxygens (including phenoxy) is 3. The maximum atomic E-state index is 12.1. The van der Waals surface area contributed by atoms with Gasteiger partial charge in [-0.2, -0.15) is 0 Å². The number of hydrogen-bond donors (Lipinski definition) is 2. The van der Waals surface area contributed by atoms with Crippen molar-refractivity contribution in [3.8, 4) is 17.2 Å². The normalized spacial score (nSPS) is 13.2. The van der Waals surface area contributed by atoms with E-state index in [1.807, 2.05) is 49.4 Å². The van der Waals surface area contributed by atoms with Crippen LogP contribution in [-0.4, -0.2) is 18.9 Å². The van der Waals surface area contributed by atoms with Gasteiger partial charge in [-0.05, 0) is 43.2 Å².